The number of hydrogen-bond donors (Lipinski definition) is 3. The van der Waals surface area contributed by atoms with Crippen LogP contribution in [0.1, 0.15) is 36.2 Å². The van der Waals surface area contributed by atoms with Crippen molar-refractivity contribution >= 4 is 17.5 Å². The van der Waals surface area contributed by atoms with E-state index in [1.807, 2.05) is 20.8 Å². The van der Waals surface area contributed by atoms with Gasteiger partial charge in [0.05, 0.1) is 5.92 Å². The summed E-state index contributed by atoms with van der Waals surface area (Å²) in [5.74, 6) is -0.372. The Morgan fingerprint density at radius 1 is 1.30 bits per heavy atom. The lowest BCUT2D eigenvalue weighted by Gasteiger charge is -2.15. The normalized spacial score (nSPS) is 11.8. The molecule has 0 aliphatic carbocycles. The Kier molecular flexibility index (Phi) is 6.18. The van der Waals surface area contributed by atoms with Gasteiger partial charge >= 0.3 is 0 Å². The minimum absolute atomic E-state index is 0.0798. The van der Waals surface area contributed by atoms with Gasteiger partial charge in [-0.15, -0.1) is 0 Å². The standard InChI is InChI=1S/C15H23N3O2/c1-4-11(9-16)15(20)18-13-7-6-12(8-10(13)3)14(19)17-5-2/h6-8,11H,4-5,9,16H2,1-3H3,(H,17,19)(H,18,20). The van der Waals surface area contributed by atoms with Crippen molar-refractivity contribution < 1.29 is 9.59 Å². The van der Waals surface area contributed by atoms with Gasteiger partial charge < -0.3 is 16.4 Å². The molecular weight excluding hydrogens is 254 g/mol. The molecule has 1 aromatic carbocycles. The third kappa shape index (κ3) is 4.06. The number of nitrogens with one attached hydrogen (secondary N) is 2. The zero-order chi connectivity index (χ0) is 15.1. The molecule has 20 heavy (non-hydrogen) atoms. The fourth-order valence-corrected chi connectivity index (χ4v) is 1.90. The average Bonchev–Trinajstić information content (AvgIpc) is 2.42. The molecule has 0 bridgehead atoms. The number of rotatable bonds is 6. The van der Waals surface area contributed by atoms with Gasteiger partial charge in [-0.2, -0.15) is 0 Å². The molecule has 1 unspecified atom stereocenters. The molecule has 1 aromatic rings. The highest BCUT2D eigenvalue weighted by Gasteiger charge is 2.15. The molecule has 0 aliphatic rings. The van der Waals surface area contributed by atoms with Gasteiger partial charge in [-0.25, -0.2) is 0 Å². The van der Waals surface area contributed by atoms with Crippen molar-refractivity contribution in [2.45, 2.75) is 27.2 Å². The Labute approximate surface area is 119 Å². The van der Waals surface area contributed by atoms with Gasteiger partial charge in [-0.3, -0.25) is 9.59 Å². The second-order valence-corrected chi connectivity index (χ2v) is 4.72. The van der Waals surface area contributed by atoms with Gasteiger partial charge in [-0.05, 0) is 44.0 Å². The predicted molar refractivity (Wildman–Crippen MR) is 80.7 cm³/mol. The lowest BCUT2D eigenvalue weighted by molar-refractivity contribution is -0.119. The summed E-state index contributed by atoms with van der Waals surface area (Å²) < 4.78 is 0. The van der Waals surface area contributed by atoms with E-state index in [-0.39, 0.29) is 17.7 Å². The molecule has 4 N–H and O–H groups in total. The van der Waals surface area contributed by atoms with Crippen molar-refractivity contribution in [3.8, 4) is 0 Å². The highest BCUT2D eigenvalue weighted by Crippen LogP contribution is 2.18. The Morgan fingerprint density at radius 3 is 2.50 bits per heavy atom. The van der Waals surface area contributed by atoms with Crippen LogP contribution in [0.25, 0.3) is 0 Å². The van der Waals surface area contributed by atoms with Crippen LogP contribution in [0, 0.1) is 12.8 Å². The summed E-state index contributed by atoms with van der Waals surface area (Å²) in [5, 5.41) is 5.60. The van der Waals surface area contributed by atoms with E-state index in [1.165, 1.54) is 0 Å². The fraction of sp³-hybridized carbons (Fsp3) is 0.467. The number of carbonyl (C=O) groups is 2. The first-order valence-corrected chi connectivity index (χ1v) is 6.93. The lowest BCUT2D eigenvalue weighted by atomic mass is 10.0. The van der Waals surface area contributed by atoms with Gasteiger partial charge in [0.2, 0.25) is 5.91 Å². The quantitative estimate of drug-likeness (QED) is 0.739. The second-order valence-electron chi connectivity index (χ2n) is 4.72. The number of amides is 2. The maximum absolute atomic E-state index is 12.0. The molecule has 0 radical (unpaired) electrons. The van der Waals surface area contributed by atoms with Crippen LogP contribution >= 0.6 is 0 Å². The Bertz CT molecular complexity index is 482. The summed E-state index contributed by atoms with van der Waals surface area (Å²) in [6.07, 6.45) is 0.707. The molecule has 1 rings (SSSR count). The van der Waals surface area contributed by atoms with Crippen LogP contribution in [-0.4, -0.2) is 24.9 Å². The summed E-state index contributed by atoms with van der Waals surface area (Å²) in [4.78, 5) is 23.7. The molecule has 5 heteroatoms. The van der Waals surface area contributed by atoms with Crippen LogP contribution in [0.5, 0.6) is 0 Å². The molecule has 2 amide bonds. The maximum Gasteiger partial charge on any atom is 0.251 e. The van der Waals surface area contributed by atoms with Crippen LogP contribution in [0.15, 0.2) is 18.2 Å². The second kappa shape index (κ2) is 7.65. The number of aryl methyl sites for hydroxylation is 1. The molecule has 1 atom stereocenters. The van der Waals surface area contributed by atoms with Crippen molar-refractivity contribution in [2.75, 3.05) is 18.4 Å². The summed E-state index contributed by atoms with van der Waals surface area (Å²) in [7, 11) is 0. The molecule has 0 saturated carbocycles. The number of hydrogen-bond acceptors (Lipinski definition) is 3. The topological polar surface area (TPSA) is 84.2 Å². The van der Waals surface area contributed by atoms with Crippen molar-refractivity contribution in [3.05, 3.63) is 29.3 Å². The average molecular weight is 277 g/mol. The highest BCUT2D eigenvalue weighted by atomic mass is 16.2. The monoisotopic (exact) mass is 277 g/mol. The van der Waals surface area contributed by atoms with Crippen LogP contribution in [0.2, 0.25) is 0 Å². The molecule has 0 heterocycles. The molecular formula is C15H23N3O2. The van der Waals surface area contributed by atoms with E-state index in [0.29, 0.717) is 25.1 Å². The van der Waals surface area contributed by atoms with Crippen molar-refractivity contribution in [3.63, 3.8) is 0 Å². The summed E-state index contributed by atoms with van der Waals surface area (Å²) in [5.41, 5.74) is 7.72. The number of carbonyl (C=O) groups excluding carboxylic acids is 2. The third-order valence-corrected chi connectivity index (χ3v) is 3.23. The molecule has 0 spiro atoms. The first-order valence-electron chi connectivity index (χ1n) is 6.93. The Morgan fingerprint density at radius 2 is 2.00 bits per heavy atom. The van der Waals surface area contributed by atoms with E-state index in [9.17, 15) is 9.59 Å². The van der Waals surface area contributed by atoms with E-state index < -0.39 is 0 Å². The SMILES string of the molecule is CCNC(=O)c1ccc(NC(=O)C(CC)CN)c(C)c1. The molecule has 0 aliphatic heterocycles. The summed E-state index contributed by atoms with van der Waals surface area (Å²) >= 11 is 0. The van der Waals surface area contributed by atoms with E-state index in [4.69, 9.17) is 5.73 Å². The minimum atomic E-state index is -0.183. The van der Waals surface area contributed by atoms with E-state index in [2.05, 4.69) is 10.6 Å². The fourth-order valence-electron chi connectivity index (χ4n) is 1.90. The van der Waals surface area contributed by atoms with E-state index in [0.717, 1.165) is 11.3 Å². The van der Waals surface area contributed by atoms with Crippen LogP contribution in [0.3, 0.4) is 0 Å². The maximum atomic E-state index is 12.0. The Balaban J connectivity index is 2.83. The van der Waals surface area contributed by atoms with E-state index >= 15 is 0 Å². The molecule has 110 valence electrons. The smallest absolute Gasteiger partial charge is 0.251 e. The van der Waals surface area contributed by atoms with Gasteiger partial charge in [0.25, 0.3) is 5.91 Å². The van der Waals surface area contributed by atoms with Crippen molar-refractivity contribution in [1.82, 2.24) is 5.32 Å². The number of nitrogens with two attached hydrogens (primary N) is 1. The van der Waals surface area contributed by atoms with E-state index in [1.54, 1.807) is 18.2 Å². The first kappa shape index (κ1) is 16.2. The number of benzene rings is 1. The first-order chi connectivity index (χ1) is 9.53. The minimum Gasteiger partial charge on any atom is -0.352 e. The molecule has 5 nitrogen and oxygen atoms in total. The molecule has 0 saturated heterocycles. The highest BCUT2D eigenvalue weighted by molar-refractivity contribution is 5.97. The van der Waals surface area contributed by atoms with Crippen LogP contribution in [0.4, 0.5) is 5.69 Å². The summed E-state index contributed by atoms with van der Waals surface area (Å²) in [6, 6.07) is 5.22. The van der Waals surface area contributed by atoms with Crippen LogP contribution in [-0.2, 0) is 4.79 Å². The van der Waals surface area contributed by atoms with Gasteiger partial charge in [-0.1, -0.05) is 6.92 Å². The molecule has 0 fully saturated rings. The lowest BCUT2D eigenvalue weighted by Crippen LogP contribution is -2.29. The Hall–Kier alpha value is -1.88. The van der Waals surface area contributed by atoms with Gasteiger partial charge in [0, 0.05) is 24.3 Å². The zero-order valence-electron chi connectivity index (χ0n) is 12.3. The largest absolute Gasteiger partial charge is 0.352 e. The third-order valence-electron chi connectivity index (χ3n) is 3.23. The van der Waals surface area contributed by atoms with Crippen molar-refractivity contribution in [1.29, 1.82) is 0 Å². The van der Waals surface area contributed by atoms with Gasteiger partial charge in [0.1, 0.15) is 0 Å². The van der Waals surface area contributed by atoms with Gasteiger partial charge in [0.15, 0.2) is 0 Å². The number of anilines is 1. The van der Waals surface area contributed by atoms with Crippen LogP contribution < -0.4 is 16.4 Å². The molecule has 0 aromatic heterocycles. The zero-order valence-corrected chi connectivity index (χ0v) is 12.3. The predicted octanol–water partition coefficient (Wildman–Crippen LogP) is 1.67. The summed E-state index contributed by atoms with van der Waals surface area (Å²) in [6.45, 7) is 6.59. The van der Waals surface area contributed by atoms with Crippen molar-refractivity contribution in [2.24, 2.45) is 11.7 Å².